The lowest BCUT2D eigenvalue weighted by Gasteiger charge is -2.20. The SMILES string of the molecule is CCCCc1nn(C(C)C)c(COCc2ccccc2)c1Cc1ccc(-c2ccccc2C(=O)OC(C)(C)C)cc1. The van der Waals surface area contributed by atoms with E-state index in [1.807, 2.05) is 63.2 Å². The van der Waals surface area contributed by atoms with Crippen molar-refractivity contribution < 1.29 is 14.3 Å². The predicted molar refractivity (Wildman–Crippen MR) is 166 cm³/mol. The third-order valence-electron chi connectivity index (χ3n) is 7.00. The quantitative estimate of drug-likeness (QED) is 0.165. The highest BCUT2D eigenvalue weighted by molar-refractivity contribution is 5.97. The van der Waals surface area contributed by atoms with Gasteiger partial charge in [0.2, 0.25) is 0 Å². The van der Waals surface area contributed by atoms with Gasteiger partial charge in [0.15, 0.2) is 0 Å². The van der Waals surface area contributed by atoms with Crippen LogP contribution in [0.25, 0.3) is 11.1 Å². The number of esters is 1. The number of unbranched alkanes of at least 4 members (excludes halogenated alkanes) is 1. The van der Waals surface area contributed by atoms with E-state index in [9.17, 15) is 4.79 Å². The summed E-state index contributed by atoms with van der Waals surface area (Å²) < 4.78 is 14.1. The second-order valence-electron chi connectivity index (χ2n) is 11.9. The minimum atomic E-state index is -0.549. The van der Waals surface area contributed by atoms with Gasteiger partial charge in [-0.25, -0.2) is 4.79 Å². The molecule has 0 radical (unpaired) electrons. The van der Waals surface area contributed by atoms with Crippen molar-refractivity contribution in [1.82, 2.24) is 9.78 Å². The molecule has 1 aromatic heterocycles. The summed E-state index contributed by atoms with van der Waals surface area (Å²) in [7, 11) is 0. The fourth-order valence-corrected chi connectivity index (χ4v) is 4.98. The Hall–Kier alpha value is -3.70. The summed E-state index contributed by atoms with van der Waals surface area (Å²) in [6, 6.07) is 26.7. The second kappa shape index (κ2) is 13.8. The van der Waals surface area contributed by atoms with Crippen LogP contribution in [0.2, 0.25) is 0 Å². The molecule has 0 saturated heterocycles. The Morgan fingerprint density at radius 1 is 0.878 bits per heavy atom. The maximum absolute atomic E-state index is 12.9. The van der Waals surface area contributed by atoms with Gasteiger partial charge >= 0.3 is 5.97 Å². The lowest BCUT2D eigenvalue weighted by atomic mass is 9.95. The van der Waals surface area contributed by atoms with E-state index in [2.05, 4.69) is 61.9 Å². The molecule has 3 aromatic carbocycles. The fourth-order valence-electron chi connectivity index (χ4n) is 4.98. The van der Waals surface area contributed by atoms with Crippen molar-refractivity contribution in [3.8, 4) is 11.1 Å². The number of nitrogens with zero attached hydrogens (tertiary/aromatic N) is 2. The Bertz CT molecular complexity index is 1410. The molecule has 0 aliphatic carbocycles. The summed E-state index contributed by atoms with van der Waals surface area (Å²) in [5.41, 5.74) is 7.85. The zero-order valence-corrected chi connectivity index (χ0v) is 25.4. The molecule has 41 heavy (non-hydrogen) atoms. The molecule has 0 saturated carbocycles. The lowest BCUT2D eigenvalue weighted by Crippen LogP contribution is -2.24. The van der Waals surface area contributed by atoms with Crippen LogP contribution < -0.4 is 0 Å². The molecule has 0 atom stereocenters. The largest absolute Gasteiger partial charge is 0.456 e. The van der Waals surface area contributed by atoms with E-state index < -0.39 is 5.60 Å². The maximum Gasteiger partial charge on any atom is 0.339 e. The maximum atomic E-state index is 12.9. The number of hydrogen-bond acceptors (Lipinski definition) is 4. The second-order valence-corrected chi connectivity index (χ2v) is 11.9. The normalized spacial score (nSPS) is 11.7. The number of aryl methyl sites for hydroxylation is 1. The first kappa shape index (κ1) is 30.3. The van der Waals surface area contributed by atoms with Gasteiger partial charge in [0.1, 0.15) is 5.60 Å². The number of hydrogen-bond donors (Lipinski definition) is 0. The molecule has 1 heterocycles. The Morgan fingerprint density at radius 3 is 2.22 bits per heavy atom. The summed E-state index contributed by atoms with van der Waals surface area (Å²) in [6.07, 6.45) is 3.97. The van der Waals surface area contributed by atoms with Crippen LogP contribution in [0.5, 0.6) is 0 Å². The molecule has 0 unspecified atom stereocenters. The van der Waals surface area contributed by atoms with Crippen molar-refractivity contribution in [2.24, 2.45) is 0 Å². The summed E-state index contributed by atoms with van der Waals surface area (Å²) in [5.74, 6) is -0.306. The summed E-state index contributed by atoms with van der Waals surface area (Å²) in [6.45, 7) is 13.3. The average Bonchev–Trinajstić information content (AvgIpc) is 3.29. The topological polar surface area (TPSA) is 53.4 Å². The molecule has 0 N–H and O–H groups in total. The Kier molecular flexibility index (Phi) is 10.2. The molecular formula is C36H44N2O3. The van der Waals surface area contributed by atoms with Crippen LogP contribution in [0.15, 0.2) is 78.9 Å². The monoisotopic (exact) mass is 552 g/mol. The van der Waals surface area contributed by atoms with Crippen molar-refractivity contribution in [2.45, 2.75) is 92.1 Å². The van der Waals surface area contributed by atoms with Crippen molar-refractivity contribution in [2.75, 3.05) is 0 Å². The van der Waals surface area contributed by atoms with E-state index in [0.29, 0.717) is 18.8 Å². The van der Waals surface area contributed by atoms with E-state index in [-0.39, 0.29) is 12.0 Å². The number of aromatic nitrogens is 2. The lowest BCUT2D eigenvalue weighted by molar-refractivity contribution is 0.00704. The highest BCUT2D eigenvalue weighted by Gasteiger charge is 2.22. The van der Waals surface area contributed by atoms with Crippen LogP contribution in [-0.4, -0.2) is 21.4 Å². The molecule has 0 amide bonds. The molecule has 5 nitrogen and oxygen atoms in total. The third-order valence-corrected chi connectivity index (χ3v) is 7.00. The minimum absolute atomic E-state index is 0.242. The van der Waals surface area contributed by atoms with Crippen molar-refractivity contribution in [3.63, 3.8) is 0 Å². The molecule has 0 aliphatic rings. The molecule has 4 rings (SSSR count). The Morgan fingerprint density at radius 2 is 1.56 bits per heavy atom. The highest BCUT2D eigenvalue weighted by Crippen LogP contribution is 2.29. The first-order valence-corrected chi connectivity index (χ1v) is 14.8. The van der Waals surface area contributed by atoms with Crippen LogP contribution in [0.4, 0.5) is 0 Å². The number of benzene rings is 3. The van der Waals surface area contributed by atoms with Gasteiger partial charge in [-0.2, -0.15) is 5.10 Å². The van der Waals surface area contributed by atoms with Crippen molar-refractivity contribution >= 4 is 5.97 Å². The third kappa shape index (κ3) is 8.17. The Balaban J connectivity index is 1.60. The first-order chi connectivity index (χ1) is 19.7. The van der Waals surface area contributed by atoms with Gasteiger partial charge in [-0.15, -0.1) is 0 Å². The van der Waals surface area contributed by atoms with E-state index in [1.165, 1.54) is 16.8 Å². The molecule has 0 fully saturated rings. The summed E-state index contributed by atoms with van der Waals surface area (Å²) >= 11 is 0. The zero-order valence-electron chi connectivity index (χ0n) is 25.4. The predicted octanol–water partition coefficient (Wildman–Crippen LogP) is 8.74. The molecule has 0 aliphatic heterocycles. The zero-order chi connectivity index (χ0) is 29.4. The molecule has 4 aromatic rings. The van der Waals surface area contributed by atoms with Crippen molar-refractivity contribution in [1.29, 1.82) is 0 Å². The molecule has 0 bridgehead atoms. The first-order valence-electron chi connectivity index (χ1n) is 14.8. The summed E-state index contributed by atoms with van der Waals surface area (Å²) in [5, 5.41) is 5.08. The van der Waals surface area contributed by atoms with E-state index in [1.54, 1.807) is 0 Å². The van der Waals surface area contributed by atoms with Gasteiger partial charge in [0.05, 0.1) is 30.2 Å². The standard InChI is InChI=1S/C36H44N2O3/c1-7-8-18-33-32(34(38(37-33)26(2)3)25-40-24-28-14-10-9-11-15-28)23-27-19-21-29(22-20-27)30-16-12-13-17-31(30)35(39)41-36(4,5)6/h9-17,19-22,26H,7-8,18,23-25H2,1-6H3. The van der Waals surface area contributed by atoms with Gasteiger partial charge in [0.25, 0.3) is 0 Å². The molecular weight excluding hydrogens is 508 g/mol. The molecule has 5 heteroatoms. The van der Waals surface area contributed by atoms with Crippen molar-refractivity contribution in [3.05, 3.63) is 113 Å². The van der Waals surface area contributed by atoms with Gasteiger partial charge in [-0.3, -0.25) is 4.68 Å². The van der Waals surface area contributed by atoms with E-state index in [0.717, 1.165) is 48.1 Å². The van der Waals surface area contributed by atoms with Crippen LogP contribution in [0.3, 0.4) is 0 Å². The van der Waals surface area contributed by atoms with Gasteiger partial charge in [0, 0.05) is 18.0 Å². The van der Waals surface area contributed by atoms with E-state index >= 15 is 0 Å². The minimum Gasteiger partial charge on any atom is -0.456 e. The number of ether oxygens (including phenoxy) is 2. The highest BCUT2D eigenvalue weighted by atomic mass is 16.6. The van der Waals surface area contributed by atoms with Crippen LogP contribution in [0.1, 0.15) is 98.9 Å². The van der Waals surface area contributed by atoms with Crippen LogP contribution in [0, 0.1) is 0 Å². The fraction of sp³-hybridized carbons (Fsp3) is 0.389. The smallest absolute Gasteiger partial charge is 0.339 e. The number of rotatable bonds is 12. The van der Waals surface area contributed by atoms with Gasteiger partial charge < -0.3 is 9.47 Å². The summed E-state index contributed by atoms with van der Waals surface area (Å²) in [4.78, 5) is 12.9. The van der Waals surface area contributed by atoms with Gasteiger partial charge in [-0.05, 0) is 75.8 Å². The van der Waals surface area contributed by atoms with Crippen LogP contribution in [-0.2, 0) is 35.5 Å². The van der Waals surface area contributed by atoms with Gasteiger partial charge in [-0.1, -0.05) is 86.1 Å². The number of carbonyl (C=O) groups excluding carboxylic acids is 1. The van der Waals surface area contributed by atoms with E-state index in [4.69, 9.17) is 14.6 Å². The Labute approximate surface area is 245 Å². The molecule has 216 valence electrons. The average molecular weight is 553 g/mol. The molecule has 0 spiro atoms. The van der Waals surface area contributed by atoms with Crippen LogP contribution >= 0.6 is 0 Å². The number of carbonyl (C=O) groups is 1.